The lowest BCUT2D eigenvalue weighted by Crippen LogP contribution is -2.39. The van der Waals surface area contributed by atoms with E-state index in [0.29, 0.717) is 18.0 Å². The molecule has 0 spiro atoms. The van der Waals surface area contributed by atoms with Crippen molar-refractivity contribution in [1.29, 1.82) is 0 Å². The second kappa shape index (κ2) is 13.9. The molecule has 3 aromatic rings. The maximum atomic E-state index is 13.2. The van der Waals surface area contributed by atoms with Crippen LogP contribution in [0.3, 0.4) is 0 Å². The Hall–Kier alpha value is -1.06. The highest BCUT2D eigenvalue weighted by Gasteiger charge is 2.21. The number of carbonyl (C=O) groups is 1. The third kappa shape index (κ3) is 7.72. The van der Waals surface area contributed by atoms with Gasteiger partial charge in [0.05, 0.1) is 22.9 Å². The minimum Gasteiger partial charge on any atom is -0.379 e. The fraction of sp³-hybridized carbons (Fsp3) is 0.417. The average molecular weight is 561 g/mol. The van der Waals surface area contributed by atoms with Gasteiger partial charge in [-0.15, -0.1) is 24.2 Å². The van der Waals surface area contributed by atoms with Gasteiger partial charge >= 0.3 is 0 Å². The Kier molecular flexibility index (Phi) is 11.2. The molecule has 0 bridgehead atoms. The Morgan fingerprint density at radius 2 is 1.88 bits per heavy atom. The van der Waals surface area contributed by atoms with E-state index in [-0.39, 0.29) is 18.3 Å². The van der Waals surface area contributed by atoms with Gasteiger partial charge in [0.25, 0.3) is 0 Å². The number of morpholine rings is 1. The lowest BCUT2D eigenvalue weighted by atomic mass is 10.2. The van der Waals surface area contributed by atoms with Gasteiger partial charge in [-0.25, -0.2) is 4.98 Å². The van der Waals surface area contributed by atoms with Crippen molar-refractivity contribution in [2.45, 2.75) is 24.2 Å². The Morgan fingerprint density at radius 3 is 2.62 bits per heavy atom. The quantitative estimate of drug-likeness (QED) is 0.205. The molecule has 1 aromatic heterocycles. The summed E-state index contributed by atoms with van der Waals surface area (Å²) in [6, 6.07) is 13.6. The predicted molar refractivity (Wildman–Crippen MR) is 148 cm³/mol. The van der Waals surface area contributed by atoms with Gasteiger partial charge in [-0.3, -0.25) is 14.6 Å². The highest BCUT2D eigenvalue weighted by molar-refractivity contribution is 7.99. The number of ether oxygens (including phenoxy) is 1. The van der Waals surface area contributed by atoms with Crippen LogP contribution in [0.1, 0.15) is 19.3 Å². The van der Waals surface area contributed by atoms with Crippen molar-refractivity contribution < 1.29 is 9.53 Å². The molecule has 2 aromatic carbocycles. The molecule has 0 atom stereocenters. The third-order valence-corrected chi connectivity index (χ3v) is 8.17. The maximum absolute atomic E-state index is 13.2. The Balaban J connectivity index is 0.00000324. The van der Waals surface area contributed by atoms with Crippen molar-refractivity contribution in [3.8, 4) is 0 Å². The summed E-state index contributed by atoms with van der Waals surface area (Å²) in [6.07, 6.45) is 2.19. The first-order valence-corrected chi connectivity index (χ1v) is 13.7. The van der Waals surface area contributed by atoms with Crippen molar-refractivity contribution >= 4 is 80.0 Å². The fourth-order valence-electron chi connectivity index (χ4n) is 3.70. The summed E-state index contributed by atoms with van der Waals surface area (Å²) in [5.41, 5.74) is 0.767. The van der Waals surface area contributed by atoms with Crippen LogP contribution in [0.4, 0.5) is 5.13 Å². The molecule has 0 radical (unpaired) electrons. The van der Waals surface area contributed by atoms with E-state index in [2.05, 4.69) is 4.90 Å². The Labute approximate surface area is 225 Å². The van der Waals surface area contributed by atoms with E-state index in [1.54, 1.807) is 11.8 Å². The van der Waals surface area contributed by atoms with E-state index in [9.17, 15) is 4.79 Å². The first-order valence-electron chi connectivity index (χ1n) is 11.1. The van der Waals surface area contributed by atoms with E-state index in [1.807, 2.05) is 47.4 Å². The normalized spacial score (nSPS) is 14.2. The molecule has 0 saturated carbocycles. The van der Waals surface area contributed by atoms with E-state index in [1.165, 1.54) is 11.3 Å². The highest BCUT2D eigenvalue weighted by atomic mass is 35.5. The number of thioether (sulfide) groups is 1. The van der Waals surface area contributed by atoms with Crippen LogP contribution in [-0.2, 0) is 9.53 Å². The number of halogens is 3. The lowest BCUT2D eigenvalue weighted by molar-refractivity contribution is -0.118. The van der Waals surface area contributed by atoms with Gasteiger partial charge in [-0.05, 0) is 55.0 Å². The number of thiazole rings is 1. The summed E-state index contributed by atoms with van der Waals surface area (Å²) in [7, 11) is 0. The summed E-state index contributed by atoms with van der Waals surface area (Å²) in [4.78, 5) is 23.4. The van der Waals surface area contributed by atoms with Crippen molar-refractivity contribution in [2.75, 3.05) is 50.0 Å². The lowest BCUT2D eigenvalue weighted by Gasteiger charge is -2.27. The monoisotopic (exact) mass is 559 g/mol. The molecule has 4 rings (SSSR count). The van der Waals surface area contributed by atoms with Crippen LogP contribution in [0.2, 0.25) is 10.0 Å². The molecule has 1 fully saturated rings. The number of fused-ring (bicyclic) bond motifs is 1. The number of nitrogens with zero attached hydrogens (tertiary/aromatic N) is 3. The number of hydrogen-bond acceptors (Lipinski definition) is 6. The third-order valence-electron chi connectivity index (χ3n) is 5.47. The molecule has 1 aliphatic rings. The Bertz CT molecular complexity index is 1060. The molecule has 1 amide bonds. The topological polar surface area (TPSA) is 45.7 Å². The number of hydrogen-bond donors (Lipinski definition) is 0. The molecule has 34 heavy (non-hydrogen) atoms. The number of amides is 1. The molecule has 0 aliphatic carbocycles. The standard InChI is InChI=1S/C24H27Cl2N3O2S2.ClH/c25-18-7-9-19(10-8-18)32-17-2-6-22(30)29(12-3-11-28-13-15-31-16-14-28)24-27-23-20(26)4-1-5-21(23)33-24;/h1,4-5,7-10H,2-3,6,11-17H2;1H. The molecule has 2 heterocycles. The van der Waals surface area contributed by atoms with Crippen LogP contribution in [0.25, 0.3) is 10.2 Å². The average Bonchev–Trinajstić information content (AvgIpc) is 3.26. The van der Waals surface area contributed by atoms with Gasteiger partial charge in [-0.2, -0.15) is 0 Å². The summed E-state index contributed by atoms with van der Waals surface area (Å²) >= 11 is 15.6. The molecule has 1 aliphatic heterocycles. The van der Waals surface area contributed by atoms with E-state index < -0.39 is 0 Å². The number of anilines is 1. The summed E-state index contributed by atoms with van der Waals surface area (Å²) in [6.45, 7) is 5.07. The summed E-state index contributed by atoms with van der Waals surface area (Å²) in [5, 5.41) is 2.09. The number of para-hydroxylation sites is 1. The molecule has 0 N–H and O–H groups in total. The van der Waals surface area contributed by atoms with E-state index in [0.717, 1.165) is 76.7 Å². The van der Waals surface area contributed by atoms with Gasteiger partial charge in [0.1, 0.15) is 5.52 Å². The SMILES string of the molecule is Cl.O=C(CCCSc1ccc(Cl)cc1)N(CCCN1CCOCC1)c1nc2c(Cl)cccc2s1. The smallest absolute Gasteiger partial charge is 0.228 e. The minimum absolute atomic E-state index is 0. The van der Waals surface area contributed by atoms with Crippen LogP contribution >= 0.6 is 58.7 Å². The van der Waals surface area contributed by atoms with Gasteiger partial charge in [0, 0.05) is 42.5 Å². The van der Waals surface area contributed by atoms with Crippen molar-refractivity contribution in [3.05, 3.63) is 52.5 Å². The molecule has 1 saturated heterocycles. The van der Waals surface area contributed by atoms with Crippen molar-refractivity contribution in [3.63, 3.8) is 0 Å². The first-order chi connectivity index (χ1) is 16.1. The molecular weight excluding hydrogens is 533 g/mol. The zero-order valence-electron chi connectivity index (χ0n) is 18.8. The second-order valence-corrected chi connectivity index (χ2v) is 10.9. The molecule has 5 nitrogen and oxygen atoms in total. The molecule has 0 unspecified atom stereocenters. The zero-order valence-corrected chi connectivity index (χ0v) is 22.7. The van der Waals surface area contributed by atoms with Crippen LogP contribution in [0.15, 0.2) is 47.4 Å². The van der Waals surface area contributed by atoms with Crippen LogP contribution in [-0.4, -0.2) is 60.9 Å². The van der Waals surface area contributed by atoms with Gasteiger partial charge in [0.2, 0.25) is 5.91 Å². The first kappa shape index (κ1) is 27.5. The minimum atomic E-state index is 0. The van der Waals surface area contributed by atoms with E-state index >= 15 is 0 Å². The predicted octanol–water partition coefficient (Wildman–Crippen LogP) is 6.65. The second-order valence-electron chi connectivity index (χ2n) is 7.84. The van der Waals surface area contributed by atoms with Crippen LogP contribution in [0, 0.1) is 0 Å². The van der Waals surface area contributed by atoms with Crippen LogP contribution in [0.5, 0.6) is 0 Å². The zero-order chi connectivity index (χ0) is 23.0. The highest BCUT2D eigenvalue weighted by Crippen LogP contribution is 2.33. The molecule has 10 heteroatoms. The number of aromatic nitrogens is 1. The van der Waals surface area contributed by atoms with Gasteiger partial charge in [0.15, 0.2) is 5.13 Å². The van der Waals surface area contributed by atoms with Crippen molar-refractivity contribution in [1.82, 2.24) is 9.88 Å². The number of rotatable bonds is 10. The maximum Gasteiger partial charge on any atom is 0.228 e. The number of carbonyl (C=O) groups excluding carboxylic acids is 1. The van der Waals surface area contributed by atoms with E-state index in [4.69, 9.17) is 32.9 Å². The Morgan fingerprint density at radius 1 is 1.12 bits per heavy atom. The molecular formula is C24H28Cl3N3O2S2. The fourth-order valence-corrected chi connectivity index (χ4v) is 5.99. The molecule has 184 valence electrons. The summed E-state index contributed by atoms with van der Waals surface area (Å²) in [5.74, 6) is 0.990. The van der Waals surface area contributed by atoms with Crippen molar-refractivity contribution in [2.24, 2.45) is 0 Å². The number of benzene rings is 2. The van der Waals surface area contributed by atoms with Crippen LogP contribution < -0.4 is 4.90 Å². The van der Waals surface area contributed by atoms with Gasteiger partial charge in [-0.1, -0.05) is 40.6 Å². The summed E-state index contributed by atoms with van der Waals surface area (Å²) < 4.78 is 6.44. The van der Waals surface area contributed by atoms with Gasteiger partial charge < -0.3 is 4.74 Å². The largest absolute Gasteiger partial charge is 0.379 e.